The Balaban J connectivity index is 2.24. The summed E-state index contributed by atoms with van der Waals surface area (Å²) in [6.45, 7) is 1.80. The van der Waals surface area contributed by atoms with Gasteiger partial charge in [-0.3, -0.25) is 4.79 Å². The predicted octanol–water partition coefficient (Wildman–Crippen LogP) is 3.75. The van der Waals surface area contributed by atoms with Crippen LogP contribution >= 0.6 is 11.3 Å². The molecule has 7 heteroatoms. The van der Waals surface area contributed by atoms with Gasteiger partial charge in [-0.25, -0.2) is 5.43 Å². The van der Waals surface area contributed by atoms with Crippen LogP contribution in [0.2, 0.25) is 0 Å². The quantitative estimate of drug-likeness (QED) is 0.680. The van der Waals surface area contributed by atoms with E-state index in [0.717, 1.165) is 4.88 Å². The number of alkyl halides is 3. The number of nitrogens with one attached hydrogen (secondary N) is 1. The molecule has 3 nitrogen and oxygen atoms in total. The fraction of sp³-hybridized carbons (Fsp3) is 0.143. The summed E-state index contributed by atoms with van der Waals surface area (Å²) in [7, 11) is 0. The topological polar surface area (TPSA) is 41.5 Å². The largest absolute Gasteiger partial charge is 0.435 e. The highest BCUT2D eigenvalue weighted by Crippen LogP contribution is 2.22. The summed E-state index contributed by atoms with van der Waals surface area (Å²) in [5.41, 5.74) is 1.00. The number of hydrazone groups is 1. The first-order chi connectivity index (χ1) is 9.88. The number of benzene rings is 1. The molecule has 0 unspecified atom stereocenters. The van der Waals surface area contributed by atoms with E-state index in [0.29, 0.717) is 0 Å². The van der Waals surface area contributed by atoms with E-state index in [1.54, 1.807) is 24.4 Å². The van der Waals surface area contributed by atoms with E-state index in [2.05, 4.69) is 5.10 Å². The second-order valence-corrected chi connectivity index (χ2v) is 5.33. The third kappa shape index (κ3) is 3.91. The molecule has 0 aliphatic rings. The molecular weight excluding hydrogens is 301 g/mol. The minimum absolute atomic E-state index is 0.105. The third-order valence-corrected chi connectivity index (χ3v) is 3.44. The molecule has 2 aromatic rings. The third-order valence-electron chi connectivity index (χ3n) is 2.58. The number of halogens is 3. The molecule has 1 amide bonds. The van der Waals surface area contributed by atoms with Crippen LogP contribution in [0, 0.1) is 6.92 Å². The van der Waals surface area contributed by atoms with Gasteiger partial charge in [0.2, 0.25) is 0 Å². The van der Waals surface area contributed by atoms with E-state index in [4.69, 9.17) is 0 Å². The number of amides is 1. The minimum atomic E-state index is -4.65. The van der Waals surface area contributed by atoms with Crippen LogP contribution < -0.4 is 5.43 Å². The van der Waals surface area contributed by atoms with E-state index in [1.165, 1.54) is 35.6 Å². The van der Waals surface area contributed by atoms with Crippen LogP contribution in [0.3, 0.4) is 0 Å². The highest BCUT2D eigenvalue weighted by atomic mass is 32.1. The molecule has 1 aromatic carbocycles. The number of carbonyl (C=O) groups excluding carboxylic acids is 1. The van der Waals surface area contributed by atoms with Crippen LogP contribution in [0.1, 0.15) is 20.8 Å². The van der Waals surface area contributed by atoms with Gasteiger partial charge >= 0.3 is 6.18 Å². The van der Waals surface area contributed by atoms with Gasteiger partial charge in [-0.1, -0.05) is 30.3 Å². The summed E-state index contributed by atoms with van der Waals surface area (Å²) in [5.74, 6) is -0.669. The van der Waals surface area contributed by atoms with Gasteiger partial charge < -0.3 is 0 Å². The zero-order valence-corrected chi connectivity index (χ0v) is 11.8. The molecule has 110 valence electrons. The maximum absolute atomic E-state index is 13.0. The van der Waals surface area contributed by atoms with Crippen LogP contribution in [-0.2, 0) is 0 Å². The van der Waals surface area contributed by atoms with Gasteiger partial charge in [0.1, 0.15) is 0 Å². The Labute approximate surface area is 123 Å². The number of thiophene rings is 1. The van der Waals surface area contributed by atoms with Crippen molar-refractivity contribution in [2.75, 3.05) is 0 Å². The predicted molar refractivity (Wildman–Crippen MR) is 75.6 cm³/mol. The van der Waals surface area contributed by atoms with Gasteiger partial charge in [-0.2, -0.15) is 18.3 Å². The molecule has 0 radical (unpaired) electrons. The smallest absolute Gasteiger partial charge is 0.267 e. The number of rotatable bonds is 3. The summed E-state index contributed by atoms with van der Waals surface area (Å²) >= 11 is 1.34. The summed E-state index contributed by atoms with van der Waals surface area (Å²) in [6, 6.07) is 8.71. The normalized spacial score (nSPS) is 12.3. The van der Waals surface area contributed by atoms with Crippen LogP contribution in [0.15, 0.2) is 46.9 Å². The summed E-state index contributed by atoms with van der Waals surface area (Å²) < 4.78 is 38.9. The highest BCUT2D eigenvalue weighted by Gasteiger charge is 2.37. The van der Waals surface area contributed by atoms with Gasteiger partial charge in [-0.05, 0) is 13.0 Å². The van der Waals surface area contributed by atoms with E-state index in [1.807, 2.05) is 5.43 Å². The number of nitrogens with zero attached hydrogens (tertiary/aromatic N) is 1. The van der Waals surface area contributed by atoms with Crippen LogP contribution in [-0.4, -0.2) is 17.8 Å². The van der Waals surface area contributed by atoms with Crippen molar-refractivity contribution in [2.45, 2.75) is 13.1 Å². The molecule has 1 N–H and O–H groups in total. The van der Waals surface area contributed by atoms with Gasteiger partial charge in [0.25, 0.3) is 5.91 Å². The summed E-state index contributed by atoms with van der Waals surface area (Å²) in [4.78, 5) is 12.6. The lowest BCUT2D eigenvalue weighted by Gasteiger charge is -2.10. The summed E-state index contributed by atoms with van der Waals surface area (Å²) in [6.07, 6.45) is -4.65. The molecular formula is C14H11F3N2OS. The molecule has 0 aliphatic heterocycles. The Bertz CT molecular complexity index is 662. The zero-order chi connectivity index (χ0) is 15.5. The van der Waals surface area contributed by atoms with Crippen molar-refractivity contribution < 1.29 is 18.0 Å². The molecule has 0 bridgehead atoms. The average Bonchev–Trinajstić information content (AvgIpc) is 2.85. The van der Waals surface area contributed by atoms with E-state index >= 15 is 0 Å². The summed E-state index contributed by atoms with van der Waals surface area (Å²) in [5, 5.41) is 4.81. The number of hydrogen-bond acceptors (Lipinski definition) is 3. The molecule has 0 atom stereocenters. The van der Waals surface area contributed by atoms with E-state index in [-0.39, 0.29) is 11.1 Å². The van der Waals surface area contributed by atoms with Crippen molar-refractivity contribution in [2.24, 2.45) is 5.10 Å². The van der Waals surface area contributed by atoms with Crippen molar-refractivity contribution in [1.29, 1.82) is 0 Å². The van der Waals surface area contributed by atoms with Gasteiger partial charge in [0.05, 0.1) is 5.56 Å². The average molecular weight is 312 g/mol. The number of hydrogen-bond donors (Lipinski definition) is 1. The van der Waals surface area contributed by atoms with Gasteiger partial charge in [-0.15, -0.1) is 11.3 Å². The maximum Gasteiger partial charge on any atom is 0.435 e. The van der Waals surface area contributed by atoms with Gasteiger partial charge in [0, 0.05) is 15.8 Å². The number of carbonyl (C=O) groups is 1. The van der Waals surface area contributed by atoms with Crippen molar-refractivity contribution in [3.8, 4) is 0 Å². The van der Waals surface area contributed by atoms with Crippen molar-refractivity contribution in [3.63, 3.8) is 0 Å². The second-order valence-electron chi connectivity index (χ2n) is 4.21. The van der Waals surface area contributed by atoms with Crippen LogP contribution in [0.4, 0.5) is 13.2 Å². The first-order valence-corrected chi connectivity index (χ1v) is 6.81. The monoisotopic (exact) mass is 312 g/mol. The lowest BCUT2D eigenvalue weighted by atomic mass is 10.1. The van der Waals surface area contributed by atoms with Crippen LogP contribution in [0.25, 0.3) is 0 Å². The SMILES string of the molecule is Cc1cc(C(=O)N/N=C(/c2ccccc2)C(F)(F)F)cs1. The Morgan fingerprint density at radius 3 is 2.38 bits per heavy atom. The molecule has 2 rings (SSSR count). The van der Waals surface area contributed by atoms with Crippen molar-refractivity contribution in [3.05, 3.63) is 57.8 Å². The maximum atomic E-state index is 13.0. The minimum Gasteiger partial charge on any atom is -0.267 e. The Hall–Kier alpha value is -2.15. The highest BCUT2D eigenvalue weighted by molar-refractivity contribution is 7.10. The molecule has 0 aliphatic carbocycles. The fourth-order valence-electron chi connectivity index (χ4n) is 1.62. The molecule has 1 aromatic heterocycles. The second kappa shape index (κ2) is 6.09. The zero-order valence-electron chi connectivity index (χ0n) is 10.9. The Morgan fingerprint density at radius 1 is 1.19 bits per heavy atom. The molecule has 21 heavy (non-hydrogen) atoms. The van der Waals surface area contributed by atoms with Crippen molar-refractivity contribution >= 4 is 23.0 Å². The van der Waals surface area contributed by atoms with Gasteiger partial charge in [0.15, 0.2) is 5.71 Å². The molecule has 0 fully saturated rings. The van der Waals surface area contributed by atoms with Crippen LogP contribution in [0.5, 0.6) is 0 Å². The molecule has 0 saturated carbocycles. The molecule has 0 saturated heterocycles. The lowest BCUT2D eigenvalue weighted by molar-refractivity contribution is -0.0583. The first-order valence-electron chi connectivity index (χ1n) is 5.93. The molecule has 0 spiro atoms. The van der Waals surface area contributed by atoms with E-state index in [9.17, 15) is 18.0 Å². The van der Waals surface area contributed by atoms with E-state index < -0.39 is 17.8 Å². The Morgan fingerprint density at radius 2 is 1.86 bits per heavy atom. The number of aryl methyl sites for hydroxylation is 1. The standard InChI is InChI=1S/C14H11F3N2OS/c1-9-7-11(8-21-9)13(20)19-18-12(14(15,16)17)10-5-3-2-4-6-10/h2-8H,1H3,(H,19,20)/b18-12-. The fourth-order valence-corrected chi connectivity index (χ4v) is 2.30. The lowest BCUT2D eigenvalue weighted by Crippen LogP contribution is -2.29. The first kappa shape index (κ1) is 15.2. The van der Waals surface area contributed by atoms with Crippen molar-refractivity contribution in [1.82, 2.24) is 5.43 Å². The molecule has 1 heterocycles. The Kier molecular flexibility index (Phi) is 4.42.